The Bertz CT molecular complexity index is 1160. The largest absolute Gasteiger partial charge is 0.493 e. The maximum absolute atomic E-state index is 12.8. The molecule has 1 aromatic heterocycles. The fourth-order valence-electron chi connectivity index (χ4n) is 2.77. The van der Waals surface area contributed by atoms with Crippen molar-refractivity contribution >= 4 is 52.4 Å². The fourth-order valence-corrected chi connectivity index (χ4v) is 3.30. The van der Waals surface area contributed by atoms with E-state index in [1.54, 1.807) is 6.07 Å². The zero-order chi connectivity index (χ0) is 24.0. The summed E-state index contributed by atoms with van der Waals surface area (Å²) in [5.41, 5.74) is 0.346. The van der Waals surface area contributed by atoms with E-state index in [-0.39, 0.29) is 28.5 Å². The minimum atomic E-state index is -0.884. The average molecular weight is 493 g/mol. The number of rotatable bonds is 8. The van der Waals surface area contributed by atoms with E-state index in [0.717, 1.165) is 0 Å². The molecule has 0 atom stereocenters. The monoisotopic (exact) mass is 492 g/mol. The fraction of sp³-hybridized carbons (Fsp3) is 0.136. The van der Waals surface area contributed by atoms with Gasteiger partial charge >= 0.3 is 5.97 Å². The van der Waals surface area contributed by atoms with E-state index >= 15 is 0 Å². The molecule has 0 saturated carbocycles. The molecular formula is C22H18Cl2N2O7. The van der Waals surface area contributed by atoms with Crippen molar-refractivity contribution in [2.75, 3.05) is 31.5 Å². The van der Waals surface area contributed by atoms with Crippen LogP contribution in [0, 0.1) is 0 Å². The van der Waals surface area contributed by atoms with Gasteiger partial charge in [0.15, 0.2) is 23.9 Å². The lowest BCUT2D eigenvalue weighted by molar-refractivity contribution is -0.119. The van der Waals surface area contributed by atoms with Gasteiger partial charge in [0.25, 0.3) is 11.8 Å². The van der Waals surface area contributed by atoms with E-state index in [4.69, 9.17) is 41.8 Å². The lowest BCUT2D eigenvalue weighted by atomic mass is 10.1. The van der Waals surface area contributed by atoms with Gasteiger partial charge in [-0.15, -0.1) is 0 Å². The van der Waals surface area contributed by atoms with E-state index < -0.39 is 24.4 Å². The number of esters is 1. The molecule has 0 fully saturated rings. The number of hydrogen-bond donors (Lipinski definition) is 2. The van der Waals surface area contributed by atoms with Crippen LogP contribution in [0.3, 0.4) is 0 Å². The molecule has 0 aliphatic heterocycles. The van der Waals surface area contributed by atoms with Crippen molar-refractivity contribution in [3.63, 3.8) is 0 Å². The first-order valence-electron chi connectivity index (χ1n) is 9.34. The normalized spacial score (nSPS) is 10.3. The zero-order valence-electron chi connectivity index (χ0n) is 17.4. The Kier molecular flexibility index (Phi) is 7.81. The molecule has 1 heterocycles. The van der Waals surface area contributed by atoms with Crippen LogP contribution in [0.15, 0.2) is 53.1 Å². The Morgan fingerprint density at radius 1 is 0.939 bits per heavy atom. The van der Waals surface area contributed by atoms with E-state index in [0.29, 0.717) is 15.7 Å². The molecule has 2 N–H and O–H groups in total. The van der Waals surface area contributed by atoms with E-state index in [1.165, 1.54) is 56.9 Å². The molecule has 0 aliphatic carbocycles. The average Bonchev–Trinajstić information content (AvgIpc) is 3.31. The number of furan rings is 1. The minimum Gasteiger partial charge on any atom is -0.493 e. The van der Waals surface area contributed by atoms with E-state index in [1.807, 2.05) is 0 Å². The smallest absolute Gasteiger partial charge is 0.340 e. The predicted molar refractivity (Wildman–Crippen MR) is 122 cm³/mol. The molecule has 0 saturated heterocycles. The zero-order valence-corrected chi connectivity index (χ0v) is 19.0. The summed E-state index contributed by atoms with van der Waals surface area (Å²) in [6.45, 7) is -0.608. The van der Waals surface area contributed by atoms with Crippen LogP contribution in [-0.2, 0) is 9.53 Å². The van der Waals surface area contributed by atoms with Gasteiger partial charge in [-0.25, -0.2) is 4.79 Å². The third-order valence-electron chi connectivity index (χ3n) is 4.22. The molecule has 0 spiro atoms. The van der Waals surface area contributed by atoms with Crippen molar-refractivity contribution in [1.82, 2.24) is 0 Å². The predicted octanol–water partition coefficient (Wildman–Crippen LogP) is 4.65. The number of anilines is 2. The highest BCUT2D eigenvalue weighted by Gasteiger charge is 2.22. The highest BCUT2D eigenvalue weighted by Crippen LogP contribution is 2.34. The standard InChI is InChI=1S/C22H18Cl2N2O7/c1-30-18-9-15(16(10-19(18)31-2)26-21(28)17-4-3-5-32-17)22(29)33-11-20(27)25-14-7-12(23)6-13(24)8-14/h3-10H,11H2,1-2H3,(H,25,27)(H,26,28). The number of halogens is 2. The number of amides is 2. The molecule has 0 bridgehead atoms. The summed E-state index contributed by atoms with van der Waals surface area (Å²) < 4.78 is 20.6. The molecule has 33 heavy (non-hydrogen) atoms. The molecule has 172 valence electrons. The number of methoxy groups -OCH3 is 2. The molecule has 2 amide bonds. The molecular weight excluding hydrogens is 475 g/mol. The van der Waals surface area contributed by atoms with Gasteiger partial charge in [-0.2, -0.15) is 0 Å². The number of ether oxygens (including phenoxy) is 3. The Balaban J connectivity index is 1.77. The van der Waals surface area contributed by atoms with Crippen molar-refractivity contribution < 1.29 is 33.0 Å². The van der Waals surface area contributed by atoms with Crippen molar-refractivity contribution in [2.24, 2.45) is 0 Å². The molecule has 2 aromatic carbocycles. The van der Waals surface area contributed by atoms with E-state index in [9.17, 15) is 14.4 Å². The van der Waals surface area contributed by atoms with Crippen LogP contribution in [0.25, 0.3) is 0 Å². The summed E-state index contributed by atoms with van der Waals surface area (Å²) >= 11 is 11.8. The molecule has 3 aromatic rings. The van der Waals surface area contributed by atoms with E-state index in [2.05, 4.69) is 10.6 Å². The van der Waals surface area contributed by atoms with Crippen molar-refractivity contribution in [1.29, 1.82) is 0 Å². The molecule has 3 rings (SSSR count). The van der Waals surface area contributed by atoms with Gasteiger partial charge in [-0.1, -0.05) is 23.2 Å². The number of hydrogen-bond acceptors (Lipinski definition) is 7. The maximum atomic E-state index is 12.8. The lowest BCUT2D eigenvalue weighted by Crippen LogP contribution is -2.22. The van der Waals surface area contributed by atoms with Crippen LogP contribution >= 0.6 is 23.2 Å². The number of benzene rings is 2. The highest BCUT2D eigenvalue weighted by molar-refractivity contribution is 6.35. The second-order valence-corrected chi connectivity index (χ2v) is 7.34. The summed E-state index contributed by atoms with van der Waals surface area (Å²) in [6.07, 6.45) is 1.34. The third kappa shape index (κ3) is 6.18. The van der Waals surface area contributed by atoms with Gasteiger partial charge in [0.05, 0.1) is 31.7 Å². The minimum absolute atomic E-state index is 0.0312. The van der Waals surface area contributed by atoms with Gasteiger partial charge < -0.3 is 29.3 Å². The Morgan fingerprint density at radius 3 is 2.21 bits per heavy atom. The first-order valence-corrected chi connectivity index (χ1v) is 10.1. The van der Waals surface area contributed by atoms with Crippen LogP contribution in [0.5, 0.6) is 11.5 Å². The highest BCUT2D eigenvalue weighted by atomic mass is 35.5. The summed E-state index contributed by atoms with van der Waals surface area (Å²) in [4.78, 5) is 37.4. The first-order chi connectivity index (χ1) is 15.8. The quantitative estimate of drug-likeness (QED) is 0.439. The number of carbonyl (C=O) groups excluding carboxylic acids is 3. The van der Waals surface area contributed by atoms with Gasteiger partial charge in [0.1, 0.15) is 0 Å². The summed E-state index contributed by atoms with van der Waals surface area (Å²) in [5, 5.41) is 5.75. The molecule has 0 unspecified atom stereocenters. The van der Waals surface area contributed by atoms with Gasteiger partial charge in [0.2, 0.25) is 0 Å². The Labute approximate surface area is 198 Å². The van der Waals surface area contributed by atoms with Gasteiger partial charge in [0, 0.05) is 27.9 Å². The topological polar surface area (TPSA) is 116 Å². The summed E-state index contributed by atoms with van der Waals surface area (Å²) in [7, 11) is 2.79. The van der Waals surface area contributed by atoms with Crippen molar-refractivity contribution in [3.8, 4) is 11.5 Å². The summed E-state index contributed by atoms with van der Waals surface area (Å²) in [5.74, 6) is -1.59. The van der Waals surface area contributed by atoms with Crippen LogP contribution in [0.4, 0.5) is 11.4 Å². The Morgan fingerprint density at radius 2 is 1.61 bits per heavy atom. The molecule has 0 aliphatic rings. The summed E-state index contributed by atoms with van der Waals surface area (Å²) in [6, 6.07) is 10.2. The molecule has 9 nitrogen and oxygen atoms in total. The third-order valence-corrected chi connectivity index (χ3v) is 4.65. The van der Waals surface area contributed by atoms with Gasteiger partial charge in [-0.05, 0) is 30.3 Å². The van der Waals surface area contributed by atoms with Crippen molar-refractivity contribution in [2.45, 2.75) is 0 Å². The SMILES string of the molecule is COc1cc(NC(=O)c2ccco2)c(C(=O)OCC(=O)Nc2cc(Cl)cc(Cl)c2)cc1OC. The first kappa shape index (κ1) is 24.0. The Hall–Kier alpha value is -3.69. The molecule has 0 radical (unpaired) electrons. The van der Waals surface area contributed by atoms with Crippen molar-refractivity contribution in [3.05, 3.63) is 70.1 Å². The van der Waals surface area contributed by atoms with Crippen LogP contribution in [0.2, 0.25) is 10.0 Å². The van der Waals surface area contributed by atoms with Crippen LogP contribution in [-0.4, -0.2) is 38.6 Å². The van der Waals surface area contributed by atoms with Gasteiger partial charge in [-0.3, -0.25) is 9.59 Å². The maximum Gasteiger partial charge on any atom is 0.340 e. The molecule has 11 heteroatoms. The van der Waals surface area contributed by atoms with Crippen LogP contribution < -0.4 is 20.1 Å². The lowest BCUT2D eigenvalue weighted by Gasteiger charge is -2.15. The number of nitrogens with one attached hydrogen (secondary N) is 2. The van der Waals surface area contributed by atoms with Crippen LogP contribution in [0.1, 0.15) is 20.9 Å². The number of carbonyl (C=O) groups is 3. The second kappa shape index (κ2) is 10.8. The second-order valence-electron chi connectivity index (χ2n) is 6.47.